The van der Waals surface area contributed by atoms with Crippen LogP contribution in [0.4, 0.5) is 4.39 Å². The van der Waals surface area contributed by atoms with E-state index in [-0.39, 0.29) is 23.6 Å². The first kappa shape index (κ1) is 19.7. The number of hydrogen-bond acceptors (Lipinski definition) is 3. The van der Waals surface area contributed by atoms with Gasteiger partial charge in [-0.25, -0.2) is 4.39 Å². The highest BCUT2D eigenvalue weighted by molar-refractivity contribution is 6.02. The number of amides is 1. The molecule has 5 nitrogen and oxygen atoms in total. The monoisotopic (exact) mass is 381 g/mol. The standard InChI is InChI=1S/C22H24FN3O2/c1-13(2)25(14(3)4)22(28)18-10-16(23)6-7-20(18)26-15(5)19(12-27)17-8-9-24-11-21(17)26/h6-14H,1-5H3. The van der Waals surface area contributed by atoms with E-state index in [1.54, 1.807) is 34.0 Å². The summed E-state index contributed by atoms with van der Waals surface area (Å²) in [4.78, 5) is 30.9. The average molecular weight is 381 g/mol. The van der Waals surface area contributed by atoms with Crippen LogP contribution in [-0.4, -0.2) is 38.7 Å². The molecule has 1 aromatic carbocycles. The largest absolute Gasteiger partial charge is 0.334 e. The summed E-state index contributed by atoms with van der Waals surface area (Å²) in [5.74, 6) is -0.736. The van der Waals surface area contributed by atoms with Gasteiger partial charge in [-0.2, -0.15) is 0 Å². The highest BCUT2D eigenvalue weighted by atomic mass is 19.1. The summed E-state index contributed by atoms with van der Waals surface area (Å²) >= 11 is 0. The van der Waals surface area contributed by atoms with Gasteiger partial charge in [-0.15, -0.1) is 0 Å². The zero-order valence-corrected chi connectivity index (χ0v) is 16.7. The van der Waals surface area contributed by atoms with Crippen molar-refractivity contribution in [1.29, 1.82) is 0 Å². The normalized spacial score (nSPS) is 11.4. The fourth-order valence-corrected chi connectivity index (χ4v) is 3.83. The maximum Gasteiger partial charge on any atom is 0.256 e. The second-order valence-electron chi connectivity index (χ2n) is 7.41. The van der Waals surface area contributed by atoms with Gasteiger partial charge < -0.3 is 9.47 Å². The minimum atomic E-state index is -0.484. The van der Waals surface area contributed by atoms with Crippen LogP contribution in [-0.2, 0) is 0 Å². The molecule has 0 spiro atoms. The molecule has 0 saturated heterocycles. The summed E-state index contributed by atoms with van der Waals surface area (Å²) in [6, 6.07) is 5.84. The molecule has 0 fully saturated rings. The van der Waals surface area contributed by atoms with E-state index < -0.39 is 5.82 Å². The Morgan fingerprint density at radius 3 is 2.46 bits per heavy atom. The van der Waals surface area contributed by atoms with E-state index in [2.05, 4.69) is 4.98 Å². The van der Waals surface area contributed by atoms with Crippen LogP contribution < -0.4 is 0 Å². The van der Waals surface area contributed by atoms with E-state index in [1.807, 2.05) is 34.6 Å². The molecule has 0 saturated carbocycles. The van der Waals surface area contributed by atoms with Gasteiger partial charge in [0.2, 0.25) is 0 Å². The summed E-state index contributed by atoms with van der Waals surface area (Å²) in [6.45, 7) is 9.54. The molecular formula is C22H24FN3O2. The van der Waals surface area contributed by atoms with E-state index in [1.165, 1.54) is 12.1 Å². The molecule has 0 atom stereocenters. The molecule has 0 unspecified atom stereocenters. The minimum absolute atomic E-state index is 0.0432. The molecule has 1 amide bonds. The van der Waals surface area contributed by atoms with Gasteiger partial charge in [0.05, 0.1) is 23.0 Å². The number of benzene rings is 1. The van der Waals surface area contributed by atoms with Gasteiger partial charge in [0.1, 0.15) is 5.82 Å². The van der Waals surface area contributed by atoms with Crippen LogP contribution in [0.2, 0.25) is 0 Å². The third kappa shape index (κ3) is 3.19. The smallest absolute Gasteiger partial charge is 0.256 e. The molecule has 146 valence electrons. The number of aromatic nitrogens is 2. The highest BCUT2D eigenvalue weighted by Crippen LogP contribution is 2.30. The Hall–Kier alpha value is -3.02. The number of halogens is 1. The van der Waals surface area contributed by atoms with Crippen LogP contribution in [0.5, 0.6) is 0 Å². The van der Waals surface area contributed by atoms with Gasteiger partial charge in [-0.3, -0.25) is 14.6 Å². The molecule has 0 bridgehead atoms. The van der Waals surface area contributed by atoms with E-state index >= 15 is 0 Å². The Bertz CT molecular complexity index is 1050. The van der Waals surface area contributed by atoms with Crippen molar-refractivity contribution in [3.8, 4) is 5.69 Å². The Morgan fingerprint density at radius 2 is 1.86 bits per heavy atom. The van der Waals surface area contributed by atoms with Crippen molar-refractivity contribution in [2.45, 2.75) is 46.7 Å². The fraction of sp³-hybridized carbons (Fsp3) is 0.318. The van der Waals surface area contributed by atoms with Gasteiger partial charge in [0.25, 0.3) is 5.91 Å². The van der Waals surface area contributed by atoms with Crippen molar-refractivity contribution in [3.63, 3.8) is 0 Å². The topological polar surface area (TPSA) is 55.2 Å². The molecule has 0 aliphatic carbocycles. The predicted molar refractivity (Wildman–Crippen MR) is 108 cm³/mol. The summed E-state index contributed by atoms with van der Waals surface area (Å²) in [5, 5.41) is 0.745. The maximum atomic E-state index is 14.1. The fourth-order valence-electron chi connectivity index (χ4n) is 3.83. The molecular weight excluding hydrogens is 357 g/mol. The lowest BCUT2D eigenvalue weighted by Crippen LogP contribution is -2.42. The average Bonchev–Trinajstić information content (AvgIpc) is 2.92. The number of aldehydes is 1. The summed E-state index contributed by atoms with van der Waals surface area (Å²) < 4.78 is 15.9. The molecule has 28 heavy (non-hydrogen) atoms. The molecule has 3 aromatic rings. The number of nitrogens with zero attached hydrogens (tertiary/aromatic N) is 3. The van der Waals surface area contributed by atoms with Crippen LogP contribution in [0.15, 0.2) is 36.7 Å². The van der Waals surface area contributed by atoms with Gasteiger partial charge in [0.15, 0.2) is 6.29 Å². The molecule has 0 aliphatic heterocycles. The maximum absolute atomic E-state index is 14.1. The number of fused-ring (bicyclic) bond motifs is 1. The van der Waals surface area contributed by atoms with E-state index in [4.69, 9.17) is 0 Å². The van der Waals surface area contributed by atoms with Crippen molar-refractivity contribution >= 4 is 23.1 Å². The lowest BCUT2D eigenvalue weighted by molar-refractivity contribution is 0.0643. The second kappa shape index (κ2) is 7.54. The van der Waals surface area contributed by atoms with Crippen LogP contribution >= 0.6 is 0 Å². The van der Waals surface area contributed by atoms with Crippen LogP contribution in [0.3, 0.4) is 0 Å². The third-order valence-corrected chi connectivity index (χ3v) is 4.95. The molecule has 0 N–H and O–H groups in total. The predicted octanol–water partition coefficient (Wildman–Crippen LogP) is 4.54. The Kier molecular flexibility index (Phi) is 5.31. The molecule has 0 radical (unpaired) electrons. The molecule has 6 heteroatoms. The van der Waals surface area contributed by atoms with Gasteiger partial charge in [0, 0.05) is 34.9 Å². The minimum Gasteiger partial charge on any atom is -0.334 e. The molecule has 0 aliphatic rings. The summed E-state index contributed by atoms with van der Waals surface area (Å²) in [7, 11) is 0. The Balaban J connectivity index is 2.32. The number of rotatable bonds is 5. The first-order valence-corrected chi connectivity index (χ1v) is 9.30. The lowest BCUT2D eigenvalue weighted by atomic mass is 10.1. The van der Waals surface area contributed by atoms with Gasteiger partial charge in [-0.05, 0) is 58.9 Å². The Labute approximate surface area is 163 Å². The number of carbonyl (C=O) groups is 2. The lowest BCUT2D eigenvalue weighted by Gasteiger charge is -2.31. The van der Waals surface area contributed by atoms with Crippen LogP contribution in [0.25, 0.3) is 16.6 Å². The van der Waals surface area contributed by atoms with Crippen LogP contribution in [0.1, 0.15) is 54.1 Å². The highest BCUT2D eigenvalue weighted by Gasteiger charge is 2.26. The van der Waals surface area contributed by atoms with E-state index in [0.717, 1.165) is 11.7 Å². The van der Waals surface area contributed by atoms with Crippen molar-refractivity contribution < 1.29 is 14.0 Å². The first-order chi connectivity index (χ1) is 13.3. The number of hydrogen-bond donors (Lipinski definition) is 0. The van der Waals surface area contributed by atoms with Crippen molar-refractivity contribution in [2.75, 3.05) is 0 Å². The van der Waals surface area contributed by atoms with Crippen molar-refractivity contribution in [2.24, 2.45) is 0 Å². The molecule has 2 heterocycles. The first-order valence-electron chi connectivity index (χ1n) is 9.30. The zero-order chi connectivity index (χ0) is 20.6. The molecule has 2 aromatic heterocycles. The summed E-state index contributed by atoms with van der Waals surface area (Å²) in [6.07, 6.45) is 4.07. The number of pyridine rings is 1. The van der Waals surface area contributed by atoms with E-state index in [0.29, 0.717) is 22.5 Å². The van der Waals surface area contributed by atoms with Crippen molar-refractivity contribution in [1.82, 2.24) is 14.5 Å². The second-order valence-corrected chi connectivity index (χ2v) is 7.41. The third-order valence-electron chi connectivity index (χ3n) is 4.95. The SMILES string of the molecule is Cc1c(C=O)c2ccncc2n1-c1ccc(F)cc1C(=O)N(C(C)C)C(C)C. The van der Waals surface area contributed by atoms with Gasteiger partial charge >= 0.3 is 0 Å². The van der Waals surface area contributed by atoms with Crippen molar-refractivity contribution in [3.05, 3.63) is 59.3 Å². The molecule has 3 rings (SSSR count). The Morgan fingerprint density at radius 1 is 1.18 bits per heavy atom. The van der Waals surface area contributed by atoms with Gasteiger partial charge in [-0.1, -0.05) is 0 Å². The quantitative estimate of drug-likeness (QED) is 0.610. The van der Waals surface area contributed by atoms with Crippen LogP contribution in [0, 0.1) is 12.7 Å². The van der Waals surface area contributed by atoms with E-state index in [9.17, 15) is 14.0 Å². The zero-order valence-electron chi connectivity index (χ0n) is 16.7. The number of carbonyl (C=O) groups excluding carboxylic acids is 2. The summed E-state index contributed by atoms with van der Waals surface area (Å²) in [5.41, 5.74) is 2.69.